The summed E-state index contributed by atoms with van der Waals surface area (Å²) in [5.74, 6) is 0.250. The maximum Gasteiger partial charge on any atom is 0.325 e. The zero-order valence-corrected chi connectivity index (χ0v) is 19.5. The van der Waals surface area contributed by atoms with Crippen LogP contribution in [0.25, 0.3) is 0 Å². The fraction of sp³-hybridized carbons (Fsp3) is 0.417. The molecule has 0 aromatic heterocycles. The van der Waals surface area contributed by atoms with Gasteiger partial charge >= 0.3 is 5.97 Å². The normalized spacial score (nSPS) is 22.6. The maximum absolute atomic E-state index is 13.3. The van der Waals surface area contributed by atoms with E-state index in [2.05, 4.69) is 4.90 Å². The number of aliphatic hydroxyl groups is 1. The van der Waals surface area contributed by atoms with Crippen LogP contribution in [0.1, 0.15) is 6.42 Å². The van der Waals surface area contributed by atoms with Crippen molar-refractivity contribution in [2.24, 2.45) is 0 Å². The number of ether oxygens (including phenoxy) is 3. The van der Waals surface area contributed by atoms with E-state index in [0.29, 0.717) is 42.6 Å². The van der Waals surface area contributed by atoms with Gasteiger partial charge in [-0.1, -0.05) is 30.0 Å². The molecule has 2 aromatic rings. The van der Waals surface area contributed by atoms with E-state index in [0.717, 1.165) is 17.4 Å². The Morgan fingerprint density at radius 1 is 1.12 bits per heavy atom. The molecule has 0 bridgehead atoms. The minimum Gasteiger partial charge on any atom is -0.497 e. The van der Waals surface area contributed by atoms with Crippen molar-refractivity contribution in [3.63, 3.8) is 0 Å². The number of carbonyl (C=O) groups excluding carboxylic acids is 2. The van der Waals surface area contributed by atoms with E-state index in [1.807, 2.05) is 30.3 Å². The standard InChI is InChI=1S/C24H28N2O6S/c1-30-18-8-9-19-20(14-18)33-24(23(29)31-2,21(27)16-32-19)15-22(28)26-12-10-25(11-13-26)17-6-4-3-5-7-17/h3-9,14,21,27H,10-13,15-16H2,1-2H3/t21-,24+/m0/s1. The van der Waals surface area contributed by atoms with Crippen LogP contribution in [0.4, 0.5) is 5.69 Å². The monoisotopic (exact) mass is 472 g/mol. The van der Waals surface area contributed by atoms with Gasteiger partial charge in [0.1, 0.15) is 24.2 Å². The third-order valence-electron chi connectivity index (χ3n) is 6.08. The van der Waals surface area contributed by atoms with Gasteiger partial charge in [0.05, 0.1) is 25.5 Å². The highest BCUT2D eigenvalue weighted by atomic mass is 32.2. The van der Waals surface area contributed by atoms with Crippen LogP contribution in [-0.2, 0) is 14.3 Å². The van der Waals surface area contributed by atoms with Gasteiger partial charge in [-0.15, -0.1) is 0 Å². The van der Waals surface area contributed by atoms with Crippen molar-refractivity contribution in [3.05, 3.63) is 48.5 Å². The summed E-state index contributed by atoms with van der Waals surface area (Å²) >= 11 is 1.10. The number of rotatable bonds is 5. The summed E-state index contributed by atoms with van der Waals surface area (Å²) in [6.07, 6.45) is -1.43. The van der Waals surface area contributed by atoms with Crippen LogP contribution < -0.4 is 14.4 Å². The second-order valence-corrected chi connectivity index (χ2v) is 9.38. The van der Waals surface area contributed by atoms with Gasteiger partial charge in [-0.25, -0.2) is 0 Å². The Morgan fingerprint density at radius 3 is 2.52 bits per heavy atom. The Kier molecular flexibility index (Phi) is 6.99. The molecule has 2 aromatic carbocycles. The fourth-order valence-corrected chi connectivity index (χ4v) is 5.51. The van der Waals surface area contributed by atoms with E-state index < -0.39 is 16.8 Å². The van der Waals surface area contributed by atoms with Crippen LogP contribution in [0.3, 0.4) is 0 Å². The highest BCUT2D eigenvalue weighted by Gasteiger charge is 2.52. The summed E-state index contributed by atoms with van der Waals surface area (Å²) in [5, 5.41) is 11.0. The number of thioether (sulfide) groups is 1. The van der Waals surface area contributed by atoms with Crippen LogP contribution in [0, 0.1) is 0 Å². The molecule has 2 heterocycles. The van der Waals surface area contributed by atoms with Crippen molar-refractivity contribution in [2.75, 3.05) is 51.9 Å². The largest absolute Gasteiger partial charge is 0.497 e. The van der Waals surface area contributed by atoms with Gasteiger partial charge in [0, 0.05) is 31.9 Å². The zero-order valence-electron chi connectivity index (χ0n) is 18.7. The summed E-state index contributed by atoms with van der Waals surface area (Å²) in [6, 6.07) is 15.3. The summed E-state index contributed by atoms with van der Waals surface area (Å²) in [5.41, 5.74) is 1.12. The zero-order chi connectivity index (χ0) is 23.4. The first-order chi connectivity index (χ1) is 16.0. The highest BCUT2D eigenvalue weighted by molar-refractivity contribution is 8.01. The first-order valence-corrected chi connectivity index (χ1v) is 11.6. The highest BCUT2D eigenvalue weighted by Crippen LogP contribution is 2.47. The maximum atomic E-state index is 13.3. The number of esters is 1. The topological polar surface area (TPSA) is 88.5 Å². The number of carbonyl (C=O) groups is 2. The second kappa shape index (κ2) is 9.93. The molecule has 1 N–H and O–H groups in total. The molecule has 0 saturated carbocycles. The number of anilines is 1. The SMILES string of the molecule is COC(=O)[C@]1(CC(=O)N2CCN(c3ccccc3)CC2)Sc2cc(OC)ccc2OC[C@@H]1O. The van der Waals surface area contributed by atoms with Crippen LogP contribution in [-0.4, -0.2) is 79.7 Å². The summed E-state index contributed by atoms with van der Waals surface area (Å²) in [7, 11) is 2.81. The predicted molar refractivity (Wildman–Crippen MR) is 125 cm³/mol. The molecule has 2 aliphatic heterocycles. The van der Waals surface area contributed by atoms with Crippen LogP contribution >= 0.6 is 11.8 Å². The van der Waals surface area contributed by atoms with E-state index in [1.165, 1.54) is 7.11 Å². The molecule has 2 aliphatic rings. The van der Waals surface area contributed by atoms with Gasteiger partial charge in [0.15, 0.2) is 4.75 Å². The number of benzene rings is 2. The number of aliphatic hydroxyl groups excluding tert-OH is 1. The average Bonchev–Trinajstić information content (AvgIpc) is 3.00. The van der Waals surface area contributed by atoms with Gasteiger partial charge in [0.2, 0.25) is 5.91 Å². The number of fused-ring (bicyclic) bond motifs is 1. The molecule has 9 heteroatoms. The average molecular weight is 473 g/mol. The number of hydrogen-bond donors (Lipinski definition) is 1. The molecule has 0 unspecified atom stereocenters. The molecule has 33 heavy (non-hydrogen) atoms. The number of para-hydroxylation sites is 1. The summed E-state index contributed by atoms with van der Waals surface area (Å²) in [6.45, 7) is 2.33. The van der Waals surface area contributed by atoms with E-state index >= 15 is 0 Å². The molecule has 1 saturated heterocycles. The molecule has 2 atom stereocenters. The third kappa shape index (κ3) is 4.74. The van der Waals surface area contributed by atoms with Crippen molar-refractivity contribution in [1.82, 2.24) is 4.90 Å². The number of hydrogen-bond acceptors (Lipinski definition) is 8. The smallest absolute Gasteiger partial charge is 0.325 e. The lowest BCUT2D eigenvalue weighted by Gasteiger charge is -2.38. The van der Waals surface area contributed by atoms with Crippen molar-refractivity contribution >= 4 is 29.3 Å². The van der Waals surface area contributed by atoms with Crippen LogP contribution in [0.5, 0.6) is 11.5 Å². The van der Waals surface area contributed by atoms with Crippen molar-refractivity contribution < 1.29 is 28.9 Å². The molecular formula is C24H28N2O6S. The Bertz CT molecular complexity index is 996. The van der Waals surface area contributed by atoms with Gasteiger partial charge in [-0.3, -0.25) is 9.59 Å². The molecule has 0 aliphatic carbocycles. The number of amides is 1. The Labute approximate surface area is 197 Å². The van der Waals surface area contributed by atoms with Crippen molar-refractivity contribution in [2.45, 2.75) is 22.2 Å². The van der Waals surface area contributed by atoms with E-state index in [9.17, 15) is 14.7 Å². The van der Waals surface area contributed by atoms with Gasteiger partial charge in [-0.05, 0) is 30.3 Å². The second-order valence-electron chi connectivity index (χ2n) is 8.00. The molecule has 1 fully saturated rings. The molecule has 1 amide bonds. The van der Waals surface area contributed by atoms with Gasteiger partial charge in [0.25, 0.3) is 0 Å². The molecule has 4 rings (SSSR count). The Balaban J connectivity index is 1.53. The third-order valence-corrected chi connectivity index (χ3v) is 7.56. The van der Waals surface area contributed by atoms with E-state index in [-0.39, 0.29) is 18.9 Å². The molecule has 176 valence electrons. The summed E-state index contributed by atoms with van der Waals surface area (Å²) < 4.78 is 14.6. The Morgan fingerprint density at radius 2 is 1.85 bits per heavy atom. The fourth-order valence-electron chi connectivity index (χ4n) is 4.15. The van der Waals surface area contributed by atoms with E-state index in [4.69, 9.17) is 14.2 Å². The van der Waals surface area contributed by atoms with E-state index in [1.54, 1.807) is 30.2 Å². The molecule has 0 radical (unpaired) electrons. The minimum absolute atomic E-state index is 0.128. The lowest BCUT2D eigenvalue weighted by Crippen LogP contribution is -2.55. The Hall–Kier alpha value is -2.91. The first kappa shape index (κ1) is 23.3. The van der Waals surface area contributed by atoms with Crippen LogP contribution in [0.2, 0.25) is 0 Å². The lowest BCUT2D eigenvalue weighted by atomic mass is 9.96. The summed E-state index contributed by atoms with van der Waals surface area (Å²) in [4.78, 5) is 30.9. The minimum atomic E-state index is -1.53. The van der Waals surface area contributed by atoms with Gasteiger partial charge in [-0.2, -0.15) is 0 Å². The number of piperazine rings is 1. The molecule has 8 nitrogen and oxygen atoms in total. The number of methoxy groups -OCH3 is 2. The molecular weight excluding hydrogens is 444 g/mol. The lowest BCUT2D eigenvalue weighted by molar-refractivity contribution is -0.151. The van der Waals surface area contributed by atoms with Gasteiger partial charge < -0.3 is 29.1 Å². The molecule has 0 spiro atoms. The van der Waals surface area contributed by atoms with Crippen molar-refractivity contribution in [3.8, 4) is 11.5 Å². The van der Waals surface area contributed by atoms with Crippen molar-refractivity contribution in [1.29, 1.82) is 0 Å². The first-order valence-electron chi connectivity index (χ1n) is 10.8. The number of nitrogens with zero attached hydrogens (tertiary/aromatic N) is 2. The van der Waals surface area contributed by atoms with Crippen LogP contribution in [0.15, 0.2) is 53.4 Å². The predicted octanol–water partition coefficient (Wildman–Crippen LogP) is 2.19. The quantitative estimate of drug-likeness (QED) is 0.663.